The predicted molar refractivity (Wildman–Crippen MR) is 66.5 cm³/mol. The molecule has 98 valence electrons. The molecule has 1 unspecified atom stereocenters. The molecule has 0 aliphatic heterocycles. The molecule has 1 amide bonds. The Kier molecular flexibility index (Phi) is 8.05. The van der Waals surface area contributed by atoms with Crippen LogP contribution in [0.15, 0.2) is 12.7 Å². The third-order valence-electron chi connectivity index (χ3n) is 2.42. The summed E-state index contributed by atoms with van der Waals surface area (Å²) in [6, 6.07) is -0.353. The SMILES string of the molecule is C=CCNC(=O)C(C)N(CCC)CC(=O)OC. The van der Waals surface area contributed by atoms with Crippen LogP contribution in [0, 0.1) is 0 Å². The van der Waals surface area contributed by atoms with Gasteiger partial charge in [-0.1, -0.05) is 13.0 Å². The van der Waals surface area contributed by atoms with E-state index in [1.807, 2.05) is 6.92 Å². The lowest BCUT2D eigenvalue weighted by Gasteiger charge is -2.26. The van der Waals surface area contributed by atoms with Gasteiger partial charge in [-0.3, -0.25) is 14.5 Å². The molecule has 1 N–H and O–H groups in total. The monoisotopic (exact) mass is 242 g/mol. The highest BCUT2D eigenvalue weighted by molar-refractivity contribution is 5.82. The van der Waals surface area contributed by atoms with Crippen molar-refractivity contribution in [2.75, 3.05) is 26.7 Å². The van der Waals surface area contributed by atoms with Gasteiger partial charge in [0.25, 0.3) is 0 Å². The summed E-state index contributed by atoms with van der Waals surface area (Å²) in [5.41, 5.74) is 0. The molecule has 5 heteroatoms. The molecule has 1 atom stereocenters. The number of amides is 1. The first kappa shape index (κ1) is 15.6. The number of esters is 1. The highest BCUT2D eigenvalue weighted by Gasteiger charge is 2.22. The minimum Gasteiger partial charge on any atom is -0.468 e. The van der Waals surface area contributed by atoms with Gasteiger partial charge in [0.1, 0.15) is 0 Å². The zero-order valence-corrected chi connectivity index (χ0v) is 10.9. The first-order chi connectivity index (χ1) is 8.06. The fourth-order valence-corrected chi connectivity index (χ4v) is 1.41. The molecule has 17 heavy (non-hydrogen) atoms. The van der Waals surface area contributed by atoms with Crippen molar-refractivity contribution in [3.8, 4) is 0 Å². The minimum atomic E-state index is -0.353. The van der Waals surface area contributed by atoms with Crippen LogP contribution in [0.2, 0.25) is 0 Å². The van der Waals surface area contributed by atoms with E-state index in [0.717, 1.165) is 6.42 Å². The Bertz CT molecular complexity index is 266. The van der Waals surface area contributed by atoms with E-state index in [4.69, 9.17) is 0 Å². The van der Waals surface area contributed by atoms with Gasteiger partial charge in [0, 0.05) is 6.54 Å². The van der Waals surface area contributed by atoms with Gasteiger partial charge >= 0.3 is 5.97 Å². The van der Waals surface area contributed by atoms with E-state index in [1.54, 1.807) is 17.9 Å². The zero-order chi connectivity index (χ0) is 13.3. The van der Waals surface area contributed by atoms with E-state index in [-0.39, 0.29) is 24.5 Å². The predicted octanol–water partition coefficient (Wildman–Crippen LogP) is 0.562. The van der Waals surface area contributed by atoms with Crippen LogP contribution in [0.25, 0.3) is 0 Å². The third-order valence-corrected chi connectivity index (χ3v) is 2.42. The molecule has 0 heterocycles. The number of methoxy groups -OCH3 is 1. The second-order valence-corrected chi connectivity index (χ2v) is 3.76. The van der Waals surface area contributed by atoms with Crippen LogP contribution in [-0.2, 0) is 14.3 Å². The summed E-state index contributed by atoms with van der Waals surface area (Å²) in [6.07, 6.45) is 2.49. The summed E-state index contributed by atoms with van der Waals surface area (Å²) in [5.74, 6) is -0.441. The van der Waals surface area contributed by atoms with Crippen molar-refractivity contribution in [3.63, 3.8) is 0 Å². The van der Waals surface area contributed by atoms with E-state index in [0.29, 0.717) is 13.1 Å². The van der Waals surface area contributed by atoms with Gasteiger partial charge in [-0.15, -0.1) is 6.58 Å². The van der Waals surface area contributed by atoms with Gasteiger partial charge < -0.3 is 10.1 Å². The summed E-state index contributed by atoms with van der Waals surface area (Å²) in [7, 11) is 1.34. The Hall–Kier alpha value is -1.36. The standard InChI is InChI=1S/C12H22N2O3/c1-5-7-13-12(16)10(3)14(8-6-2)9-11(15)17-4/h5,10H,1,6-9H2,2-4H3,(H,13,16). The van der Waals surface area contributed by atoms with E-state index in [1.165, 1.54) is 7.11 Å². The average Bonchev–Trinajstić information content (AvgIpc) is 2.34. The van der Waals surface area contributed by atoms with Gasteiger partial charge in [0.05, 0.1) is 19.7 Å². The van der Waals surface area contributed by atoms with E-state index >= 15 is 0 Å². The van der Waals surface area contributed by atoms with Crippen LogP contribution in [0.1, 0.15) is 20.3 Å². The molecule has 0 aromatic carbocycles. The van der Waals surface area contributed by atoms with Crippen molar-refractivity contribution in [2.24, 2.45) is 0 Å². The van der Waals surface area contributed by atoms with Gasteiger partial charge in [-0.2, -0.15) is 0 Å². The van der Waals surface area contributed by atoms with Gasteiger partial charge in [0.2, 0.25) is 5.91 Å². The van der Waals surface area contributed by atoms with E-state index < -0.39 is 0 Å². The molecular weight excluding hydrogens is 220 g/mol. The van der Waals surface area contributed by atoms with Gasteiger partial charge in [-0.25, -0.2) is 0 Å². The molecule has 0 aliphatic carbocycles. The van der Waals surface area contributed by atoms with Crippen molar-refractivity contribution < 1.29 is 14.3 Å². The normalized spacial score (nSPS) is 12.0. The fraction of sp³-hybridized carbons (Fsp3) is 0.667. The molecule has 0 fully saturated rings. The first-order valence-corrected chi connectivity index (χ1v) is 5.76. The summed E-state index contributed by atoms with van der Waals surface area (Å²) in [5, 5.41) is 2.71. The Balaban J connectivity index is 4.40. The molecule has 0 rings (SSSR count). The van der Waals surface area contributed by atoms with Crippen LogP contribution in [0.3, 0.4) is 0 Å². The van der Waals surface area contributed by atoms with Gasteiger partial charge in [0.15, 0.2) is 0 Å². The van der Waals surface area contributed by atoms with Crippen molar-refractivity contribution in [1.29, 1.82) is 0 Å². The minimum absolute atomic E-state index is 0.109. The van der Waals surface area contributed by atoms with Crippen LogP contribution in [0.4, 0.5) is 0 Å². The molecular formula is C12H22N2O3. The molecule has 0 saturated carbocycles. The van der Waals surface area contributed by atoms with Crippen molar-refractivity contribution >= 4 is 11.9 Å². The lowest BCUT2D eigenvalue weighted by molar-refractivity contribution is -0.143. The Morgan fingerprint density at radius 1 is 1.53 bits per heavy atom. The summed E-state index contributed by atoms with van der Waals surface area (Å²) in [6.45, 7) is 8.55. The number of nitrogens with one attached hydrogen (secondary N) is 1. The van der Waals surface area contributed by atoms with Crippen molar-refractivity contribution in [3.05, 3.63) is 12.7 Å². The van der Waals surface area contributed by atoms with Gasteiger partial charge in [-0.05, 0) is 19.9 Å². The second kappa shape index (κ2) is 8.75. The molecule has 0 bridgehead atoms. The van der Waals surface area contributed by atoms with Crippen molar-refractivity contribution in [1.82, 2.24) is 10.2 Å². The molecule has 0 aliphatic rings. The Labute approximate surface area is 103 Å². The van der Waals surface area contributed by atoms with Crippen LogP contribution in [0.5, 0.6) is 0 Å². The topological polar surface area (TPSA) is 58.6 Å². The number of carbonyl (C=O) groups excluding carboxylic acids is 2. The van der Waals surface area contributed by atoms with E-state index in [9.17, 15) is 9.59 Å². The summed E-state index contributed by atoms with van der Waals surface area (Å²) >= 11 is 0. The molecule has 0 spiro atoms. The highest BCUT2D eigenvalue weighted by Crippen LogP contribution is 2.01. The number of carbonyl (C=O) groups is 2. The number of nitrogens with zero attached hydrogens (tertiary/aromatic N) is 1. The molecule has 0 radical (unpaired) electrons. The molecule has 0 aromatic rings. The fourth-order valence-electron chi connectivity index (χ4n) is 1.41. The maximum absolute atomic E-state index is 11.7. The molecule has 0 aromatic heterocycles. The Morgan fingerprint density at radius 2 is 2.18 bits per heavy atom. The number of rotatable bonds is 8. The third kappa shape index (κ3) is 6.06. The average molecular weight is 242 g/mol. The lowest BCUT2D eigenvalue weighted by atomic mass is 10.2. The van der Waals surface area contributed by atoms with Crippen molar-refractivity contribution in [2.45, 2.75) is 26.3 Å². The highest BCUT2D eigenvalue weighted by atomic mass is 16.5. The smallest absolute Gasteiger partial charge is 0.319 e. The first-order valence-electron chi connectivity index (χ1n) is 5.76. The molecule has 0 saturated heterocycles. The maximum atomic E-state index is 11.7. The summed E-state index contributed by atoms with van der Waals surface area (Å²) in [4.78, 5) is 24.8. The zero-order valence-electron chi connectivity index (χ0n) is 10.9. The molecule has 5 nitrogen and oxygen atoms in total. The second-order valence-electron chi connectivity index (χ2n) is 3.76. The van der Waals surface area contributed by atoms with Crippen LogP contribution in [-0.4, -0.2) is 49.6 Å². The summed E-state index contributed by atoms with van der Waals surface area (Å²) < 4.78 is 4.61. The number of hydrogen-bond donors (Lipinski definition) is 1. The van der Waals surface area contributed by atoms with Crippen LogP contribution < -0.4 is 5.32 Å². The number of hydrogen-bond acceptors (Lipinski definition) is 4. The lowest BCUT2D eigenvalue weighted by Crippen LogP contribution is -2.47. The Morgan fingerprint density at radius 3 is 2.65 bits per heavy atom. The number of ether oxygens (including phenoxy) is 1. The quantitative estimate of drug-likeness (QED) is 0.499. The van der Waals surface area contributed by atoms with E-state index in [2.05, 4.69) is 16.6 Å². The van der Waals surface area contributed by atoms with Crippen LogP contribution >= 0.6 is 0 Å². The maximum Gasteiger partial charge on any atom is 0.319 e. The largest absolute Gasteiger partial charge is 0.468 e.